The number of nitrogens with zero attached hydrogens (tertiary/aromatic N) is 2. The molecule has 4 rings (SSSR count). The molecule has 1 aliphatic heterocycles. The number of aryl methyl sites for hydroxylation is 1. The SMILES string of the molecule is Cc1cc(N(C)C)ccc1NC(=O)c1ccc2c(c1)C(=O)N(C1CCCCC1)C2=O. The van der Waals surface area contributed by atoms with Crippen molar-refractivity contribution < 1.29 is 14.4 Å². The minimum absolute atomic E-state index is 0.0266. The number of benzene rings is 2. The number of hydrogen-bond acceptors (Lipinski definition) is 4. The lowest BCUT2D eigenvalue weighted by atomic mass is 9.94. The number of imide groups is 1. The van der Waals surface area contributed by atoms with Crippen molar-refractivity contribution in [2.75, 3.05) is 24.3 Å². The highest BCUT2D eigenvalue weighted by atomic mass is 16.2. The molecule has 1 heterocycles. The molecule has 0 saturated heterocycles. The van der Waals surface area contributed by atoms with Crippen LogP contribution < -0.4 is 10.2 Å². The highest BCUT2D eigenvalue weighted by Gasteiger charge is 2.40. The summed E-state index contributed by atoms with van der Waals surface area (Å²) < 4.78 is 0. The first-order chi connectivity index (χ1) is 14.4. The van der Waals surface area contributed by atoms with Crippen LogP contribution in [-0.4, -0.2) is 42.8 Å². The standard InChI is InChI=1S/C24H27N3O3/c1-15-13-18(26(2)3)10-12-21(15)25-22(28)16-9-11-19-20(14-16)24(30)27(23(19)29)17-7-5-4-6-8-17/h9-14,17H,4-8H2,1-3H3,(H,25,28). The Bertz CT molecular complexity index is 1020. The third-order valence-electron chi connectivity index (χ3n) is 6.09. The van der Waals surface area contributed by atoms with E-state index in [0.717, 1.165) is 49.0 Å². The fourth-order valence-corrected chi connectivity index (χ4v) is 4.33. The first kappa shape index (κ1) is 20.1. The maximum atomic E-state index is 13.0. The van der Waals surface area contributed by atoms with Gasteiger partial charge in [0.1, 0.15) is 0 Å². The van der Waals surface area contributed by atoms with Gasteiger partial charge in [-0.15, -0.1) is 0 Å². The van der Waals surface area contributed by atoms with Crippen molar-refractivity contribution in [1.29, 1.82) is 0 Å². The molecule has 0 unspecified atom stereocenters. The van der Waals surface area contributed by atoms with E-state index in [-0.39, 0.29) is 23.8 Å². The number of fused-ring (bicyclic) bond motifs is 1. The number of hydrogen-bond donors (Lipinski definition) is 1. The largest absolute Gasteiger partial charge is 0.378 e. The van der Waals surface area contributed by atoms with Crippen LogP contribution in [0.2, 0.25) is 0 Å². The zero-order chi connectivity index (χ0) is 21.4. The van der Waals surface area contributed by atoms with Crippen molar-refractivity contribution in [3.05, 3.63) is 58.7 Å². The fraction of sp³-hybridized carbons (Fsp3) is 0.375. The van der Waals surface area contributed by atoms with Crippen LogP contribution in [0.4, 0.5) is 11.4 Å². The topological polar surface area (TPSA) is 69.7 Å². The van der Waals surface area contributed by atoms with E-state index in [1.807, 2.05) is 44.1 Å². The second-order valence-electron chi connectivity index (χ2n) is 8.38. The van der Waals surface area contributed by atoms with Gasteiger partial charge in [-0.1, -0.05) is 19.3 Å². The van der Waals surface area contributed by atoms with Crippen molar-refractivity contribution in [2.24, 2.45) is 0 Å². The van der Waals surface area contributed by atoms with Gasteiger partial charge in [-0.3, -0.25) is 19.3 Å². The van der Waals surface area contributed by atoms with E-state index < -0.39 is 0 Å². The average Bonchev–Trinajstić information content (AvgIpc) is 2.99. The maximum absolute atomic E-state index is 13.0. The first-order valence-corrected chi connectivity index (χ1v) is 10.5. The highest BCUT2D eigenvalue weighted by molar-refractivity contribution is 6.22. The van der Waals surface area contributed by atoms with E-state index in [1.165, 1.54) is 4.90 Å². The molecule has 1 fully saturated rings. The summed E-state index contributed by atoms with van der Waals surface area (Å²) in [7, 11) is 3.93. The van der Waals surface area contributed by atoms with Crippen LogP contribution >= 0.6 is 0 Å². The van der Waals surface area contributed by atoms with Gasteiger partial charge in [-0.2, -0.15) is 0 Å². The second kappa shape index (κ2) is 7.94. The lowest BCUT2D eigenvalue weighted by molar-refractivity contribution is 0.0549. The van der Waals surface area contributed by atoms with Gasteiger partial charge in [0.15, 0.2) is 0 Å². The van der Waals surface area contributed by atoms with Crippen molar-refractivity contribution in [3.63, 3.8) is 0 Å². The molecule has 6 heteroatoms. The van der Waals surface area contributed by atoms with Crippen molar-refractivity contribution in [3.8, 4) is 0 Å². The zero-order valence-corrected chi connectivity index (χ0v) is 17.7. The average molecular weight is 405 g/mol. The quantitative estimate of drug-likeness (QED) is 0.773. The fourth-order valence-electron chi connectivity index (χ4n) is 4.33. The van der Waals surface area contributed by atoms with Crippen LogP contribution in [0.5, 0.6) is 0 Å². The molecule has 0 radical (unpaired) electrons. The summed E-state index contributed by atoms with van der Waals surface area (Å²) in [5, 5.41) is 2.92. The normalized spacial score (nSPS) is 16.6. The predicted octanol–water partition coefficient (Wildman–Crippen LogP) is 4.24. The Morgan fingerprint density at radius 3 is 2.33 bits per heavy atom. The molecule has 1 saturated carbocycles. The van der Waals surface area contributed by atoms with E-state index in [2.05, 4.69) is 5.32 Å². The summed E-state index contributed by atoms with van der Waals surface area (Å²) >= 11 is 0. The van der Waals surface area contributed by atoms with Crippen LogP contribution in [0.25, 0.3) is 0 Å². The molecule has 2 aromatic carbocycles. The molecular weight excluding hydrogens is 378 g/mol. The van der Waals surface area contributed by atoms with Gasteiger partial charge in [0, 0.05) is 37.1 Å². The number of carbonyl (C=O) groups excluding carboxylic acids is 3. The zero-order valence-electron chi connectivity index (χ0n) is 17.7. The van der Waals surface area contributed by atoms with Crippen LogP contribution in [0, 0.1) is 6.92 Å². The lowest BCUT2D eigenvalue weighted by Crippen LogP contribution is -2.40. The van der Waals surface area contributed by atoms with E-state index in [4.69, 9.17) is 0 Å². The number of carbonyl (C=O) groups is 3. The maximum Gasteiger partial charge on any atom is 0.261 e. The van der Waals surface area contributed by atoms with E-state index >= 15 is 0 Å². The number of amides is 3. The van der Waals surface area contributed by atoms with Gasteiger partial charge in [0.2, 0.25) is 0 Å². The monoisotopic (exact) mass is 405 g/mol. The molecule has 2 aromatic rings. The van der Waals surface area contributed by atoms with Crippen LogP contribution in [0.15, 0.2) is 36.4 Å². The number of nitrogens with one attached hydrogen (secondary N) is 1. The number of rotatable bonds is 4. The van der Waals surface area contributed by atoms with Gasteiger partial charge in [0.25, 0.3) is 17.7 Å². The Hall–Kier alpha value is -3.15. The Morgan fingerprint density at radius 1 is 0.967 bits per heavy atom. The Balaban J connectivity index is 1.55. The molecule has 2 aliphatic rings. The third kappa shape index (κ3) is 3.58. The lowest BCUT2D eigenvalue weighted by Gasteiger charge is -2.29. The predicted molar refractivity (Wildman–Crippen MR) is 117 cm³/mol. The summed E-state index contributed by atoms with van der Waals surface area (Å²) in [5.41, 5.74) is 3.82. The first-order valence-electron chi connectivity index (χ1n) is 10.5. The molecule has 6 nitrogen and oxygen atoms in total. The van der Waals surface area contributed by atoms with E-state index in [0.29, 0.717) is 16.7 Å². The Morgan fingerprint density at radius 2 is 1.67 bits per heavy atom. The molecule has 0 atom stereocenters. The Labute approximate surface area is 176 Å². The van der Waals surface area contributed by atoms with Gasteiger partial charge < -0.3 is 10.2 Å². The smallest absolute Gasteiger partial charge is 0.261 e. The van der Waals surface area contributed by atoms with E-state index in [9.17, 15) is 14.4 Å². The Kier molecular flexibility index (Phi) is 5.33. The molecular formula is C24H27N3O3. The van der Waals surface area contributed by atoms with Crippen LogP contribution in [0.3, 0.4) is 0 Å². The summed E-state index contributed by atoms with van der Waals surface area (Å²) in [5.74, 6) is -0.804. The van der Waals surface area contributed by atoms with Gasteiger partial charge in [-0.25, -0.2) is 0 Å². The summed E-state index contributed by atoms with van der Waals surface area (Å²) in [6.45, 7) is 1.94. The third-order valence-corrected chi connectivity index (χ3v) is 6.09. The second-order valence-corrected chi connectivity index (χ2v) is 8.38. The molecule has 0 bridgehead atoms. The van der Waals surface area contributed by atoms with Crippen molar-refractivity contribution in [2.45, 2.75) is 45.1 Å². The van der Waals surface area contributed by atoms with Crippen molar-refractivity contribution >= 4 is 29.1 Å². The van der Waals surface area contributed by atoms with Crippen LogP contribution in [0.1, 0.15) is 68.7 Å². The summed E-state index contributed by atoms with van der Waals surface area (Å²) in [4.78, 5) is 42.0. The number of anilines is 2. The molecule has 1 aliphatic carbocycles. The summed E-state index contributed by atoms with van der Waals surface area (Å²) in [6.07, 6.45) is 4.95. The molecule has 30 heavy (non-hydrogen) atoms. The van der Waals surface area contributed by atoms with Gasteiger partial charge >= 0.3 is 0 Å². The molecule has 0 spiro atoms. The minimum atomic E-state index is -0.296. The minimum Gasteiger partial charge on any atom is -0.378 e. The highest BCUT2D eigenvalue weighted by Crippen LogP contribution is 2.31. The van der Waals surface area contributed by atoms with E-state index in [1.54, 1.807) is 18.2 Å². The summed E-state index contributed by atoms with van der Waals surface area (Å²) in [6, 6.07) is 10.6. The molecule has 3 amide bonds. The molecule has 156 valence electrons. The van der Waals surface area contributed by atoms with Gasteiger partial charge in [0.05, 0.1) is 11.1 Å². The van der Waals surface area contributed by atoms with Crippen LogP contribution in [-0.2, 0) is 0 Å². The molecule has 0 aromatic heterocycles. The van der Waals surface area contributed by atoms with Gasteiger partial charge in [-0.05, 0) is 61.7 Å². The van der Waals surface area contributed by atoms with Crippen molar-refractivity contribution in [1.82, 2.24) is 4.90 Å². The molecule has 1 N–H and O–H groups in total.